The van der Waals surface area contributed by atoms with Gasteiger partial charge in [0.15, 0.2) is 0 Å². The summed E-state index contributed by atoms with van der Waals surface area (Å²) in [5.74, 6) is -6.69. The van der Waals surface area contributed by atoms with E-state index < -0.39 is 96.9 Å². The summed E-state index contributed by atoms with van der Waals surface area (Å²) >= 11 is 0. The number of carboxylic acids is 1. The molecule has 18 heteroatoms. The minimum atomic E-state index is -1.55. The van der Waals surface area contributed by atoms with Crippen molar-refractivity contribution in [3.05, 3.63) is 65.7 Å². The zero-order valence-corrected chi connectivity index (χ0v) is 30.6. The first kappa shape index (κ1) is 44.6. The summed E-state index contributed by atoms with van der Waals surface area (Å²) in [5.41, 5.74) is 6.72. The number of nitrogens with one attached hydrogen (secondary N) is 6. The monoisotopic (exact) mass is 757 g/mol. The van der Waals surface area contributed by atoms with E-state index in [1.807, 2.05) is 0 Å². The molecule has 0 bridgehead atoms. The Morgan fingerprint density at radius 1 is 0.648 bits per heavy atom. The number of rotatable bonds is 21. The minimum absolute atomic E-state index is 0.0484. The van der Waals surface area contributed by atoms with Crippen LogP contribution in [0.3, 0.4) is 0 Å². The first-order valence-electron chi connectivity index (χ1n) is 17.3. The number of aromatic hydroxyl groups is 1. The maximum absolute atomic E-state index is 13.7. The Morgan fingerprint density at radius 3 is 1.72 bits per heavy atom. The number of aliphatic hydroxyl groups is 2. The molecule has 296 valence electrons. The Bertz CT molecular complexity index is 1590. The van der Waals surface area contributed by atoms with Crippen molar-refractivity contribution in [1.82, 2.24) is 31.9 Å². The Hall–Kier alpha value is -5.59. The van der Waals surface area contributed by atoms with Crippen LogP contribution in [0.4, 0.5) is 0 Å². The molecule has 0 aromatic heterocycles. The Morgan fingerprint density at radius 2 is 1.19 bits per heavy atom. The third-order valence-electron chi connectivity index (χ3n) is 7.98. The molecule has 0 spiro atoms. The van der Waals surface area contributed by atoms with E-state index in [9.17, 15) is 54.0 Å². The molecule has 12 N–H and O–H groups in total. The maximum atomic E-state index is 13.7. The van der Waals surface area contributed by atoms with E-state index in [0.717, 1.165) is 0 Å². The molecule has 0 fully saturated rings. The average molecular weight is 758 g/mol. The molecular weight excluding hydrogens is 706 g/mol. The summed E-state index contributed by atoms with van der Waals surface area (Å²) in [6, 6.07) is 6.25. The Labute approximate surface area is 312 Å². The van der Waals surface area contributed by atoms with Crippen molar-refractivity contribution in [1.29, 1.82) is 0 Å². The summed E-state index contributed by atoms with van der Waals surface area (Å²) in [7, 11) is 0. The highest BCUT2D eigenvalue weighted by Gasteiger charge is 2.33. The van der Waals surface area contributed by atoms with Crippen LogP contribution in [-0.2, 0) is 46.4 Å². The number of benzene rings is 2. The number of phenols is 1. The highest BCUT2D eigenvalue weighted by atomic mass is 16.4. The number of hydrogen-bond donors (Lipinski definition) is 11. The number of hydrogen-bond acceptors (Lipinski definition) is 11. The fourth-order valence-corrected chi connectivity index (χ4v) is 5.06. The van der Waals surface area contributed by atoms with E-state index in [2.05, 4.69) is 31.9 Å². The summed E-state index contributed by atoms with van der Waals surface area (Å²) in [5, 5.41) is 53.6. The summed E-state index contributed by atoms with van der Waals surface area (Å²) in [4.78, 5) is 89.8. The number of nitrogens with two attached hydrogens (primary N) is 1. The summed E-state index contributed by atoms with van der Waals surface area (Å²) in [6.45, 7) is 4.61. The van der Waals surface area contributed by atoms with Crippen LogP contribution in [0, 0.1) is 5.92 Å². The SMILES string of the molecule is CC(C)C[C@H](NC(=O)[C@H](Cc1ccc(O)cc1)NC(=O)[C@@H](NC(=O)[C@H](C)N)[C@@H](C)O)C(=O)NCC(=O)N[C@@H](CO)C(=O)N[C@@H](Cc1ccccc1)C(=O)O. The van der Waals surface area contributed by atoms with Crippen LogP contribution < -0.4 is 37.6 Å². The lowest BCUT2D eigenvalue weighted by molar-refractivity contribution is -0.142. The standard InChI is InChI=1S/C36H51N7O11/c1-19(2)14-25(32(49)38-17-29(47)39-28(18-44)34(51)42-27(36(53)54)16-22-8-6-5-7-9-22)40-33(50)26(15-23-10-12-24(46)13-11-23)41-35(52)30(21(4)45)43-31(48)20(3)37/h5-13,19-21,25-28,30,44-46H,14-18,37H2,1-4H3,(H,38,49)(H,39,47)(H,40,50)(H,41,52)(H,42,51)(H,43,48)(H,53,54)/t20-,21+,25-,26-,27-,28-,30-/m0/s1. The van der Waals surface area contributed by atoms with Crippen LogP contribution in [0.25, 0.3) is 0 Å². The smallest absolute Gasteiger partial charge is 0.326 e. The van der Waals surface area contributed by atoms with E-state index in [-0.39, 0.29) is 30.9 Å². The lowest BCUT2D eigenvalue weighted by Crippen LogP contribution is -2.60. The highest BCUT2D eigenvalue weighted by molar-refractivity contribution is 5.96. The van der Waals surface area contributed by atoms with Crippen LogP contribution in [0.15, 0.2) is 54.6 Å². The van der Waals surface area contributed by atoms with Gasteiger partial charge in [0.1, 0.15) is 36.0 Å². The molecule has 54 heavy (non-hydrogen) atoms. The van der Waals surface area contributed by atoms with E-state index in [4.69, 9.17) is 5.73 Å². The zero-order chi connectivity index (χ0) is 40.5. The number of carbonyl (C=O) groups excluding carboxylic acids is 6. The van der Waals surface area contributed by atoms with Crippen LogP contribution >= 0.6 is 0 Å². The van der Waals surface area contributed by atoms with Crippen molar-refractivity contribution in [3.8, 4) is 5.75 Å². The average Bonchev–Trinajstić information content (AvgIpc) is 3.11. The highest BCUT2D eigenvalue weighted by Crippen LogP contribution is 2.13. The molecule has 0 radical (unpaired) electrons. The molecule has 0 aliphatic carbocycles. The molecule has 2 rings (SSSR count). The molecule has 0 heterocycles. The van der Waals surface area contributed by atoms with E-state index in [1.54, 1.807) is 44.2 Å². The van der Waals surface area contributed by atoms with Crippen molar-refractivity contribution < 1.29 is 54.0 Å². The molecule has 6 amide bonds. The van der Waals surface area contributed by atoms with E-state index in [1.165, 1.54) is 38.1 Å². The molecule has 2 aromatic rings. The third-order valence-corrected chi connectivity index (χ3v) is 7.98. The number of aliphatic hydroxyl groups excluding tert-OH is 2. The van der Waals surface area contributed by atoms with Gasteiger partial charge in [-0.3, -0.25) is 28.8 Å². The van der Waals surface area contributed by atoms with Crippen molar-refractivity contribution in [2.75, 3.05) is 13.2 Å². The Balaban J connectivity index is 2.15. The lowest BCUT2D eigenvalue weighted by Gasteiger charge is -2.27. The van der Waals surface area contributed by atoms with Crippen molar-refractivity contribution in [3.63, 3.8) is 0 Å². The molecule has 7 atom stereocenters. The van der Waals surface area contributed by atoms with Gasteiger partial charge >= 0.3 is 5.97 Å². The fourth-order valence-electron chi connectivity index (χ4n) is 5.06. The van der Waals surface area contributed by atoms with Gasteiger partial charge < -0.3 is 58.1 Å². The van der Waals surface area contributed by atoms with Crippen LogP contribution in [0.5, 0.6) is 5.75 Å². The van der Waals surface area contributed by atoms with Gasteiger partial charge in [-0.2, -0.15) is 0 Å². The van der Waals surface area contributed by atoms with Crippen LogP contribution in [-0.4, -0.2) is 117 Å². The predicted octanol–water partition coefficient (Wildman–Crippen LogP) is -2.43. The molecular formula is C36H51N7O11. The number of carboxylic acid groups (broad SMARTS) is 1. The molecule has 0 aliphatic heterocycles. The normalized spacial score (nSPS) is 14.9. The first-order valence-corrected chi connectivity index (χ1v) is 17.3. The van der Waals surface area contributed by atoms with Gasteiger partial charge in [0, 0.05) is 12.8 Å². The summed E-state index contributed by atoms with van der Waals surface area (Å²) < 4.78 is 0. The second-order valence-electron chi connectivity index (χ2n) is 13.2. The minimum Gasteiger partial charge on any atom is -0.508 e. The number of aliphatic carboxylic acids is 1. The van der Waals surface area contributed by atoms with Gasteiger partial charge in [0.25, 0.3) is 0 Å². The fraction of sp³-hybridized carbons (Fsp3) is 0.472. The largest absolute Gasteiger partial charge is 0.508 e. The molecule has 2 aromatic carbocycles. The van der Waals surface area contributed by atoms with E-state index in [0.29, 0.717) is 11.1 Å². The van der Waals surface area contributed by atoms with E-state index >= 15 is 0 Å². The Kier molecular flexibility index (Phi) is 18.0. The van der Waals surface area contributed by atoms with Gasteiger partial charge in [-0.05, 0) is 49.4 Å². The summed E-state index contributed by atoms with van der Waals surface area (Å²) in [6.07, 6.45) is -1.50. The molecule has 0 saturated heterocycles. The van der Waals surface area contributed by atoms with Crippen LogP contribution in [0.2, 0.25) is 0 Å². The number of amides is 6. The van der Waals surface area contributed by atoms with Crippen molar-refractivity contribution in [2.24, 2.45) is 11.7 Å². The molecule has 18 nitrogen and oxygen atoms in total. The lowest BCUT2D eigenvalue weighted by atomic mass is 10.0. The third kappa shape index (κ3) is 15.2. The van der Waals surface area contributed by atoms with Crippen LogP contribution in [0.1, 0.15) is 45.2 Å². The molecule has 0 aliphatic rings. The number of carbonyl (C=O) groups is 7. The van der Waals surface area contributed by atoms with Gasteiger partial charge in [-0.1, -0.05) is 56.3 Å². The first-order chi connectivity index (χ1) is 25.4. The molecule has 0 unspecified atom stereocenters. The van der Waals surface area contributed by atoms with Gasteiger partial charge in [0.05, 0.1) is 25.3 Å². The topological polar surface area (TPSA) is 299 Å². The van der Waals surface area contributed by atoms with Gasteiger partial charge in [-0.25, -0.2) is 4.79 Å². The maximum Gasteiger partial charge on any atom is 0.326 e. The van der Waals surface area contributed by atoms with Gasteiger partial charge in [-0.15, -0.1) is 0 Å². The quantitative estimate of drug-likeness (QED) is 0.0634. The molecule has 0 saturated carbocycles. The van der Waals surface area contributed by atoms with Crippen molar-refractivity contribution in [2.45, 2.75) is 89.3 Å². The zero-order valence-electron chi connectivity index (χ0n) is 30.6. The van der Waals surface area contributed by atoms with Gasteiger partial charge in [0.2, 0.25) is 35.4 Å². The second kappa shape index (κ2) is 21.8. The number of phenolic OH excluding ortho intramolecular Hbond substituents is 1. The second-order valence-corrected chi connectivity index (χ2v) is 13.2. The predicted molar refractivity (Wildman–Crippen MR) is 194 cm³/mol. The van der Waals surface area contributed by atoms with Crippen molar-refractivity contribution >= 4 is 41.4 Å².